The highest BCUT2D eigenvalue weighted by Gasteiger charge is 2.40. The normalized spacial score (nSPS) is 28.2. The van der Waals surface area contributed by atoms with Gasteiger partial charge in [-0.3, -0.25) is 0 Å². The minimum Gasteiger partial charge on any atom is -0.390 e. The first kappa shape index (κ1) is 15.5. The molecule has 0 aromatic heterocycles. The molecule has 112 valence electrons. The molecule has 2 rings (SSSR count). The van der Waals surface area contributed by atoms with E-state index in [-0.39, 0.29) is 11.7 Å². The summed E-state index contributed by atoms with van der Waals surface area (Å²) in [4.78, 5) is 0. The lowest BCUT2D eigenvalue weighted by Gasteiger charge is -2.42. The Hall–Kier alpha value is -0.860. The van der Waals surface area contributed by atoms with Crippen molar-refractivity contribution in [1.82, 2.24) is 0 Å². The van der Waals surface area contributed by atoms with Gasteiger partial charge in [0.1, 0.15) is 0 Å². The van der Waals surface area contributed by atoms with Gasteiger partial charge in [-0.15, -0.1) is 0 Å². The molecule has 3 unspecified atom stereocenters. The number of hydrogen-bond acceptors (Lipinski definition) is 2. The average molecular weight is 276 g/mol. The molecule has 0 heterocycles. The molecule has 1 aromatic carbocycles. The zero-order valence-electron chi connectivity index (χ0n) is 12.8. The van der Waals surface area contributed by atoms with Crippen LogP contribution in [0.2, 0.25) is 0 Å². The lowest BCUT2D eigenvalue weighted by Crippen LogP contribution is -2.47. The third-order valence-corrected chi connectivity index (χ3v) is 4.79. The predicted molar refractivity (Wildman–Crippen MR) is 82.8 cm³/mol. The summed E-state index contributed by atoms with van der Waals surface area (Å²) in [6, 6.07) is 10.5. The monoisotopic (exact) mass is 276 g/mol. The molecule has 0 aliphatic heterocycles. The van der Waals surface area contributed by atoms with Crippen LogP contribution in [0.15, 0.2) is 30.3 Å². The molecular weight excluding hydrogens is 248 g/mol. The van der Waals surface area contributed by atoms with Crippen molar-refractivity contribution in [3.05, 3.63) is 35.9 Å². The Bertz CT molecular complexity index is 390. The van der Waals surface area contributed by atoms with Crippen molar-refractivity contribution in [2.45, 2.75) is 63.6 Å². The van der Waals surface area contributed by atoms with Gasteiger partial charge >= 0.3 is 0 Å². The number of aliphatic hydroxyl groups excluding tert-OH is 1. The molecule has 1 fully saturated rings. The standard InChI is InChI=1S/C18H28O2/c1-15-8-7-13-18(14-15,20-2)17(19)12-6-11-16-9-4-3-5-10-16/h3-5,9-10,15,17,19H,6-8,11-14H2,1-2H3. The van der Waals surface area contributed by atoms with Gasteiger partial charge in [-0.05, 0) is 43.6 Å². The summed E-state index contributed by atoms with van der Waals surface area (Å²) in [7, 11) is 1.76. The molecule has 0 saturated heterocycles. The fourth-order valence-electron chi connectivity index (χ4n) is 3.58. The second-order valence-corrected chi connectivity index (χ2v) is 6.36. The van der Waals surface area contributed by atoms with Crippen LogP contribution < -0.4 is 0 Å². The molecule has 1 saturated carbocycles. The SMILES string of the molecule is COC1(C(O)CCCc2ccccc2)CCCC(C)C1. The van der Waals surface area contributed by atoms with Crippen molar-refractivity contribution in [2.75, 3.05) is 7.11 Å². The van der Waals surface area contributed by atoms with Crippen LogP contribution in [0.1, 0.15) is 51.0 Å². The van der Waals surface area contributed by atoms with Crippen LogP contribution in [0.25, 0.3) is 0 Å². The summed E-state index contributed by atoms with van der Waals surface area (Å²) in [6.07, 6.45) is 6.98. The Morgan fingerprint density at radius 1 is 1.35 bits per heavy atom. The van der Waals surface area contributed by atoms with Gasteiger partial charge in [0.15, 0.2) is 0 Å². The fraction of sp³-hybridized carbons (Fsp3) is 0.667. The molecule has 1 N–H and O–H groups in total. The lowest BCUT2D eigenvalue weighted by molar-refractivity contribution is -0.134. The number of aryl methyl sites for hydroxylation is 1. The summed E-state index contributed by atoms with van der Waals surface area (Å²) in [5.41, 5.74) is 1.05. The van der Waals surface area contributed by atoms with Crippen LogP contribution in [0.5, 0.6) is 0 Å². The van der Waals surface area contributed by atoms with E-state index in [4.69, 9.17) is 4.74 Å². The van der Waals surface area contributed by atoms with Gasteiger partial charge in [0.25, 0.3) is 0 Å². The highest BCUT2D eigenvalue weighted by Crippen LogP contribution is 2.38. The molecule has 1 aliphatic rings. The topological polar surface area (TPSA) is 29.5 Å². The number of aliphatic hydroxyl groups is 1. The predicted octanol–water partition coefficient (Wildman–Crippen LogP) is 3.97. The maximum absolute atomic E-state index is 10.6. The van der Waals surface area contributed by atoms with Gasteiger partial charge in [-0.25, -0.2) is 0 Å². The smallest absolute Gasteiger partial charge is 0.0938 e. The zero-order valence-corrected chi connectivity index (χ0v) is 12.8. The van der Waals surface area contributed by atoms with E-state index < -0.39 is 0 Å². The Balaban J connectivity index is 1.85. The average Bonchev–Trinajstić information content (AvgIpc) is 2.48. The number of rotatable bonds is 6. The number of ether oxygens (including phenoxy) is 1. The minimum absolute atomic E-state index is 0.297. The van der Waals surface area contributed by atoms with Crippen LogP contribution >= 0.6 is 0 Å². The van der Waals surface area contributed by atoms with Crippen LogP contribution in [-0.4, -0.2) is 23.9 Å². The molecule has 0 radical (unpaired) electrons. The zero-order chi connectivity index (χ0) is 14.4. The quantitative estimate of drug-likeness (QED) is 0.852. The molecule has 2 nitrogen and oxygen atoms in total. The van der Waals surface area contributed by atoms with Crippen LogP contribution in [-0.2, 0) is 11.2 Å². The fourth-order valence-corrected chi connectivity index (χ4v) is 3.58. The van der Waals surface area contributed by atoms with E-state index in [0.29, 0.717) is 5.92 Å². The highest BCUT2D eigenvalue weighted by atomic mass is 16.5. The van der Waals surface area contributed by atoms with E-state index in [2.05, 4.69) is 31.2 Å². The van der Waals surface area contributed by atoms with Crippen molar-refractivity contribution in [3.8, 4) is 0 Å². The molecule has 0 bridgehead atoms. The molecule has 0 amide bonds. The van der Waals surface area contributed by atoms with Crippen LogP contribution in [0, 0.1) is 5.92 Å². The molecule has 1 aromatic rings. The number of hydrogen-bond donors (Lipinski definition) is 1. The molecule has 0 spiro atoms. The first-order chi connectivity index (χ1) is 9.66. The van der Waals surface area contributed by atoms with Gasteiger partial charge in [-0.2, -0.15) is 0 Å². The molecule has 20 heavy (non-hydrogen) atoms. The molecular formula is C18H28O2. The summed E-state index contributed by atoms with van der Waals surface area (Å²) in [6.45, 7) is 2.27. The van der Waals surface area contributed by atoms with Crippen molar-refractivity contribution >= 4 is 0 Å². The minimum atomic E-state index is -0.334. The van der Waals surface area contributed by atoms with Crippen molar-refractivity contribution < 1.29 is 9.84 Å². The van der Waals surface area contributed by atoms with Gasteiger partial charge in [-0.1, -0.05) is 50.1 Å². The summed E-state index contributed by atoms with van der Waals surface area (Å²) in [5, 5.41) is 10.6. The van der Waals surface area contributed by atoms with E-state index in [1.54, 1.807) is 7.11 Å². The van der Waals surface area contributed by atoms with Crippen LogP contribution in [0.3, 0.4) is 0 Å². The van der Waals surface area contributed by atoms with Crippen molar-refractivity contribution in [3.63, 3.8) is 0 Å². The van der Waals surface area contributed by atoms with E-state index in [1.165, 1.54) is 18.4 Å². The second-order valence-electron chi connectivity index (χ2n) is 6.36. The summed E-state index contributed by atoms with van der Waals surface area (Å²) < 4.78 is 5.76. The molecule has 2 heteroatoms. The number of benzene rings is 1. The van der Waals surface area contributed by atoms with Gasteiger partial charge in [0.2, 0.25) is 0 Å². The van der Waals surface area contributed by atoms with E-state index in [9.17, 15) is 5.11 Å². The van der Waals surface area contributed by atoms with Crippen molar-refractivity contribution in [1.29, 1.82) is 0 Å². The molecule has 1 aliphatic carbocycles. The molecule has 3 atom stereocenters. The van der Waals surface area contributed by atoms with Crippen molar-refractivity contribution in [2.24, 2.45) is 5.92 Å². The van der Waals surface area contributed by atoms with Gasteiger partial charge in [0, 0.05) is 7.11 Å². The van der Waals surface area contributed by atoms with Crippen LogP contribution in [0.4, 0.5) is 0 Å². The summed E-state index contributed by atoms with van der Waals surface area (Å²) in [5.74, 6) is 0.660. The first-order valence-electron chi connectivity index (χ1n) is 7.93. The van der Waals surface area contributed by atoms with E-state index in [1.807, 2.05) is 6.07 Å². The third-order valence-electron chi connectivity index (χ3n) is 4.79. The second kappa shape index (κ2) is 7.24. The number of methoxy groups -OCH3 is 1. The Morgan fingerprint density at radius 3 is 2.75 bits per heavy atom. The first-order valence-corrected chi connectivity index (χ1v) is 7.93. The Kier molecular flexibility index (Phi) is 5.62. The van der Waals surface area contributed by atoms with Gasteiger partial charge < -0.3 is 9.84 Å². The maximum Gasteiger partial charge on any atom is 0.0938 e. The maximum atomic E-state index is 10.6. The lowest BCUT2D eigenvalue weighted by atomic mass is 9.74. The van der Waals surface area contributed by atoms with E-state index >= 15 is 0 Å². The Labute approximate surface area is 123 Å². The highest BCUT2D eigenvalue weighted by molar-refractivity contribution is 5.14. The van der Waals surface area contributed by atoms with E-state index in [0.717, 1.165) is 32.1 Å². The van der Waals surface area contributed by atoms with Gasteiger partial charge in [0.05, 0.1) is 11.7 Å². The summed E-state index contributed by atoms with van der Waals surface area (Å²) >= 11 is 0. The largest absolute Gasteiger partial charge is 0.390 e. The Morgan fingerprint density at radius 2 is 2.10 bits per heavy atom. The third kappa shape index (κ3) is 3.83.